The second-order valence-electron chi connectivity index (χ2n) is 6.18. The first-order valence-corrected chi connectivity index (χ1v) is 6.96. The fourth-order valence-electron chi connectivity index (χ4n) is 5.07. The van der Waals surface area contributed by atoms with Crippen molar-refractivity contribution in [3.63, 3.8) is 0 Å². The van der Waals surface area contributed by atoms with Gasteiger partial charge < -0.3 is 21.3 Å². The Morgan fingerprint density at radius 2 is 1.77 bits per heavy atom. The summed E-state index contributed by atoms with van der Waals surface area (Å²) in [6.45, 7) is 0.178. The highest BCUT2D eigenvalue weighted by atomic mass is 35.5. The third-order valence-electron chi connectivity index (χ3n) is 5.67. The normalized spacial score (nSPS) is 45.7. The van der Waals surface area contributed by atoms with Crippen LogP contribution in [0, 0.1) is 23.2 Å². The van der Waals surface area contributed by atoms with Gasteiger partial charge in [-0.3, -0.25) is 14.4 Å². The number of amides is 1. The highest BCUT2D eigenvalue weighted by molar-refractivity contribution is 5.93. The summed E-state index contributed by atoms with van der Waals surface area (Å²) in [4.78, 5) is 35.0. The zero-order valence-corrected chi connectivity index (χ0v) is 12.4. The molecule has 2 aliphatic carbocycles. The molecule has 5 N–H and O–H groups in total. The van der Waals surface area contributed by atoms with Crippen molar-refractivity contribution >= 4 is 30.3 Å². The summed E-state index contributed by atoms with van der Waals surface area (Å²) >= 11 is 0. The molecule has 3 fully saturated rings. The van der Waals surface area contributed by atoms with E-state index in [1.165, 1.54) is 0 Å². The van der Waals surface area contributed by atoms with Crippen molar-refractivity contribution in [2.75, 3.05) is 6.54 Å². The average Bonchev–Trinajstić information content (AvgIpc) is 2.70. The third-order valence-corrected chi connectivity index (χ3v) is 5.67. The van der Waals surface area contributed by atoms with E-state index in [0.29, 0.717) is 6.42 Å². The molecule has 0 spiro atoms. The predicted molar refractivity (Wildman–Crippen MR) is 74.1 cm³/mol. The largest absolute Gasteiger partial charge is 0.481 e. The molecule has 3 rings (SSSR count). The first-order chi connectivity index (χ1) is 9.81. The molecular formula is C13H18ClFN2O5. The van der Waals surface area contributed by atoms with E-state index in [2.05, 4.69) is 5.32 Å². The number of fused-ring (bicyclic) bond motifs is 1. The van der Waals surface area contributed by atoms with Gasteiger partial charge in [-0.05, 0) is 31.7 Å². The van der Waals surface area contributed by atoms with Crippen LogP contribution >= 0.6 is 12.4 Å². The Balaban J connectivity index is 0.00000176. The smallest absolute Gasteiger partial charge is 0.307 e. The number of nitrogens with two attached hydrogens (primary N) is 1. The molecule has 2 saturated carbocycles. The number of hydrogen-bond acceptors (Lipinski definition) is 4. The first-order valence-electron chi connectivity index (χ1n) is 6.96. The van der Waals surface area contributed by atoms with Crippen molar-refractivity contribution in [3.8, 4) is 0 Å². The topological polar surface area (TPSA) is 130 Å². The first kappa shape index (κ1) is 17.0. The molecule has 3 aliphatic rings. The number of carboxylic acid groups (broad SMARTS) is 2. The zero-order chi connectivity index (χ0) is 15.6. The number of aliphatic carboxylic acids is 2. The van der Waals surface area contributed by atoms with Gasteiger partial charge in [0.15, 0.2) is 0 Å². The Kier molecular flexibility index (Phi) is 3.90. The molecule has 1 aliphatic heterocycles. The summed E-state index contributed by atoms with van der Waals surface area (Å²) < 4.78 is 14.5. The second kappa shape index (κ2) is 5.06. The lowest BCUT2D eigenvalue weighted by Crippen LogP contribution is -2.66. The number of carbonyl (C=O) groups is 3. The lowest BCUT2D eigenvalue weighted by molar-refractivity contribution is -0.150. The molecule has 6 atom stereocenters. The molecule has 0 aromatic heterocycles. The highest BCUT2D eigenvalue weighted by Crippen LogP contribution is 2.76. The summed E-state index contributed by atoms with van der Waals surface area (Å²) in [5.74, 6) is -6.00. The molecule has 1 heterocycles. The van der Waals surface area contributed by atoms with Gasteiger partial charge in [0.1, 0.15) is 11.7 Å². The molecule has 124 valence electrons. The average molecular weight is 337 g/mol. The van der Waals surface area contributed by atoms with Crippen molar-refractivity contribution in [1.82, 2.24) is 5.32 Å². The number of nitrogens with one attached hydrogen (secondary N) is 1. The number of primary amides is 1. The van der Waals surface area contributed by atoms with Crippen LogP contribution in [0.4, 0.5) is 4.39 Å². The lowest BCUT2D eigenvalue weighted by atomic mass is 9.69. The fraction of sp³-hybridized carbons (Fsp3) is 0.769. The summed E-state index contributed by atoms with van der Waals surface area (Å²) in [6, 6.07) is 0. The molecule has 0 aromatic carbocycles. The van der Waals surface area contributed by atoms with Crippen LogP contribution in [0.2, 0.25) is 0 Å². The Hall–Kier alpha value is -1.41. The maximum absolute atomic E-state index is 14.5. The van der Waals surface area contributed by atoms with Crippen LogP contribution in [0.15, 0.2) is 0 Å². The van der Waals surface area contributed by atoms with E-state index in [9.17, 15) is 29.0 Å². The monoisotopic (exact) mass is 336 g/mol. The van der Waals surface area contributed by atoms with E-state index in [4.69, 9.17) is 5.73 Å². The molecule has 7 nitrogen and oxygen atoms in total. The lowest BCUT2D eigenvalue weighted by Gasteiger charge is -2.39. The van der Waals surface area contributed by atoms with Crippen molar-refractivity contribution in [1.29, 1.82) is 0 Å². The van der Waals surface area contributed by atoms with E-state index in [0.717, 1.165) is 0 Å². The van der Waals surface area contributed by atoms with Crippen LogP contribution in [0.1, 0.15) is 19.3 Å². The molecule has 0 radical (unpaired) electrons. The van der Waals surface area contributed by atoms with Crippen LogP contribution < -0.4 is 11.1 Å². The van der Waals surface area contributed by atoms with Gasteiger partial charge in [0.05, 0.1) is 11.8 Å². The van der Waals surface area contributed by atoms with Gasteiger partial charge in [-0.15, -0.1) is 12.4 Å². The summed E-state index contributed by atoms with van der Waals surface area (Å²) in [7, 11) is 0. The van der Waals surface area contributed by atoms with E-state index < -0.39 is 52.7 Å². The molecule has 0 bridgehead atoms. The minimum atomic E-state index is -1.89. The standard InChI is InChI=1S/C13H17FN2O5.ClH/c14-7-3-4-16-13(7,11(15)21)12-5(8(12)10(19)20)1-2-6(12)9(17)18;/h5-8,16H,1-4H2,(H2,15,21)(H,17,18)(H,19,20);1H/t5?,6?,7-,8?,12?,13+;/m0./s1. The molecule has 9 heteroatoms. The number of rotatable bonds is 4. The summed E-state index contributed by atoms with van der Waals surface area (Å²) in [6.07, 6.45) is -1.04. The van der Waals surface area contributed by atoms with Crippen LogP contribution in [0.5, 0.6) is 0 Å². The number of alkyl halides is 1. The third kappa shape index (κ3) is 1.62. The van der Waals surface area contributed by atoms with Crippen LogP contribution in [0.25, 0.3) is 0 Å². The van der Waals surface area contributed by atoms with Gasteiger partial charge in [-0.1, -0.05) is 0 Å². The maximum Gasteiger partial charge on any atom is 0.307 e. The van der Waals surface area contributed by atoms with Crippen molar-refractivity contribution in [3.05, 3.63) is 0 Å². The van der Waals surface area contributed by atoms with Crippen molar-refractivity contribution < 1.29 is 29.0 Å². The van der Waals surface area contributed by atoms with Gasteiger partial charge in [-0.2, -0.15) is 0 Å². The Morgan fingerprint density at radius 3 is 2.14 bits per heavy atom. The Labute approximate surface area is 131 Å². The van der Waals surface area contributed by atoms with E-state index >= 15 is 0 Å². The number of halogens is 2. The van der Waals surface area contributed by atoms with Gasteiger partial charge in [0, 0.05) is 5.41 Å². The highest BCUT2D eigenvalue weighted by Gasteiger charge is 2.86. The molecule has 4 unspecified atom stereocenters. The van der Waals surface area contributed by atoms with Gasteiger partial charge in [-0.25, -0.2) is 4.39 Å². The van der Waals surface area contributed by atoms with E-state index in [-0.39, 0.29) is 31.8 Å². The molecule has 1 saturated heterocycles. The molecule has 0 aromatic rings. The van der Waals surface area contributed by atoms with Crippen molar-refractivity contribution in [2.45, 2.75) is 31.0 Å². The Bertz CT molecular complexity index is 547. The summed E-state index contributed by atoms with van der Waals surface area (Å²) in [5.41, 5.74) is 2.07. The quantitative estimate of drug-likeness (QED) is 0.561. The minimum Gasteiger partial charge on any atom is -0.481 e. The second-order valence-corrected chi connectivity index (χ2v) is 6.18. The fourth-order valence-corrected chi connectivity index (χ4v) is 5.07. The molecule has 22 heavy (non-hydrogen) atoms. The van der Waals surface area contributed by atoms with Gasteiger partial charge in [0.25, 0.3) is 0 Å². The predicted octanol–water partition coefficient (Wildman–Crippen LogP) is -0.225. The van der Waals surface area contributed by atoms with Gasteiger partial charge >= 0.3 is 11.9 Å². The van der Waals surface area contributed by atoms with Gasteiger partial charge in [0.2, 0.25) is 5.91 Å². The maximum atomic E-state index is 14.5. The molecule has 1 amide bonds. The van der Waals surface area contributed by atoms with Crippen molar-refractivity contribution in [2.24, 2.45) is 28.9 Å². The zero-order valence-electron chi connectivity index (χ0n) is 11.6. The van der Waals surface area contributed by atoms with Crippen LogP contribution in [-0.2, 0) is 14.4 Å². The minimum absolute atomic E-state index is 0. The number of carboxylic acids is 2. The molecular weight excluding hydrogens is 319 g/mol. The number of hydrogen-bond donors (Lipinski definition) is 4. The SMILES string of the molecule is Cl.NC(=O)[C@]1(C23C(C(=O)O)CCC2C3C(=O)O)NCC[C@@H]1F. The Morgan fingerprint density at radius 1 is 1.14 bits per heavy atom. The van der Waals surface area contributed by atoms with E-state index in [1.807, 2.05) is 0 Å². The number of carbonyl (C=O) groups excluding carboxylic acids is 1. The van der Waals surface area contributed by atoms with E-state index in [1.54, 1.807) is 0 Å². The van der Waals surface area contributed by atoms with Crippen LogP contribution in [-0.4, -0.2) is 46.3 Å². The van der Waals surface area contributed by atoms with Crippen LogP contribution in [0.3, 0.4) is 0 Å². The summed E-state index contributed by atoms with van der Waals surface area (Å²) in [5, 5.41) is 21.5.